The fourth-order valence-electron chi connectivity index (χ4n) is 2.64. The van der Waals surface area contributed by atoms with Crippen LogP contribution in [0.25, 0.3) is 0 Å². The van der Waals surface area contributed by atoms with Gasteiger partial charge in [0.25, 0.3) is 0 Å². The van der Waals surface area contributed by atoms with E-state index in [1.807, 2.05) is 17.5 Å². The molecule has 0 saturated carbocycles. The Morgan fingerprint density at radius 2 is 2.24 bits per heavy atom. The van der Waals surface area contributed by atoms with Gasteiger partial charge in [-0.1, -0.05) is 12.1 Å². The number of rotatable bonds is 4. The molecule has 0 saturated heterocycles. The van der Waals surface area contributed by atoms with Gasteiger partial charge in [-0.3, -0.25) is 9.59 Å². The molecule has 0 bridgehead atoms. The zero-order valence-corrected chi connectivity index (χ0v) is 12.3. The second-order valence-corrected chi connectivity index (χ2v) is 5.95. The van der Waals surface area contributed by atoms with Crippen molar-refractivity contribution in [2.75, 3.05) is 6.61 Å². The van der Waals surface area contributed by atoms with E-state index in [1.165, 1.54) is 11.3 Å². The van der Waals surface area contributed by atoms with Gasteiger partial charge in [0.05, 0.1) is 23.5 Å². The molecule has 3 rings (SSSR count). The molecule has 1 aliphatic rings. The maximum Gasteiger partial charge on any atom is 0.307 e. The highest BCUT2D eigenvalue weighted by atomic mass is 32.1. The predicted octanol–water partition coefficient (Wildman–Crippen LogP) is 2.85. The van der Waals surface area contributed by atoms with Crippen LogP contribution in [-0.4, -0.2) is 23.5 Å². The monoisotopic (exact) mass is 302 g/mol. The molecule has 5 heteroatoms. The van der Waals surface area contributed by atoms with Crippen molar-refractivity contribution in [3.63, 3.8) is 0 Å². The predicted molar refractivity (Wildman–Crippen MR) is 79.5 cm³/mol. The van der Waals surface area contributed by atoms with Crippen LogP contribution in [0.2, 0.25) is 0 Å². The number of carboxylic acid groups (broad SMARTS) is 1. The standard InChI is InChI=1S/C16H14O4S/c1-9-11(8-13(17)18)7-10-4-5-20-16(10)14(9)15(19)12-3-2-6-21-12/h2-3,6-7H,4-5,8H2,1H3,(H,17,18). The lowest BCUT2D eigenvalue weighted by molar-refractivity contribution is -0.136. The average molecular weight is 302 g/mol. The summed E-state index contributed by atoms with van der Waals surface area (Å²) in [5.41, 5.74) is 2.84. The largest absolute Gasteiger partial charge is 0.492 e. The van der Waals surface area contributed by atoms with Gasteiger partial charge in [-0.25, -0.2) is 0 Å². The molecule has 21 heavy (non-hydrogen) atoms. The van der Waals surface area contributed by atoms with Gasteiger partial charge in [-0.05, 0) is 35.1 Å². The second kappa shape index (κ2) is 5.33. The van der Waals surface area contributed by atoms with E-state index >= 15 is 0 Å². The summed E-state index contributed by atoms with van der Waals surface area (Å²) in [5.74, 6) is -0.362. The molecule has 0 unspecified atom stereocenters. The molecule has 0 radical (unpaired) electrons. The molecule has 0 spiro atoms. The van der Waals surface area contributed by atoms with E-state index in [2.05, 4.69) is 0 Å². The average Bonchev–Trinajstić information content (AvgIpc) is 3.08. The van der Waals surface area contributed by atoms with Crippen molar-refractivity contribution in [3.8, 4) is 5.75 Å². The molecule has 0 atom stereocenters. The van der Waals surface area contributed by atoms with Gasteiger partial charge in [-0.15, -0.1) is 11.3 Å². The van der Waals surface area contributed by atoms with Crippen molar-refractivity contribution >= 4 is 23.1 Å². The van der Waals surface area contributed by atoms with Crippen LogP contribution in [0, 0.1) is 6.92 Å². The molecule has 108 valence electrons. The van der Waals surface area contributed by atoms with E-state index in [9.17, 15) is 9.59 Å². The topological polar surface area (TPSA) is 63.6 Å². The Labute approximate surface area is 126 Å². The first-order valence-electron chi connectivity index (χ1n) is 6.66. The first-order valence-corrected chi connectivity index (χ1v) is 7.54. The van der Waals surface area contributed by atoms with Crippen LogP contribution in [0.4, 0.5) is 0 Å². The summed E-state index contributed by atoms with van der Waals surface area (Å²) in [6.07, 6.45) is 0.636. The van der Waals surface area contributed by atoms with Crippen molar-refractivity contribution in [1.82, 2.24) is 0 Å². The van der Waals surface area contributed by atoms with Crippen molar-refractivity contribution in [1.29, 1.82) is 0 Å². The number of ether oxygens (including phenoxy) is 1. The summed E-state index contributed by atoms with van der Waals surface area (Å²) >= 11 is 1.38. The highest BCUT2D eigenvalue weighted by Crippen LogP contribution is 2.36. The SMILES string of the molecule is Cc1c(CC(=O)O)cc2c(c1C(=O)c1cccs1)OCC2. The minimum Gasteiger partial charge on any atom is -0.492 e. The fraction of sp³-hybridized carbons (Fsp3) is 0.250. The van der Waals surface area contributed by atoms with E-state index < -0.39 is 5.97 Å². The van der Waals surface area contributed by atoms with Crippen LogP contribution in [0.15, 0.2) is 23.6 Å². The second-order valence-electron chi connectivity index (χ2n) is 5.00. The van der Waals surface area contributed by atoms with Gasteiger partial charge < -0.3 is 9.84 Å². The third-order valence-corrected chi connectivity index (χ3v) is 4.52. The van der Waals surface area contributed by atoms with Crippen LogP contribution in [0.5, 0.6) is 5.75 Å². The molecule has 1 aromatic carbocycles. The molecule has 4 nitrogen and oxygen atoms in total. The number of benzene rings is 1. The lowest BCUT2D eigenvalue weighted by Crippen LogP contribution is -2.10. The molecular formula is C16H14O4S. The number of thiophene rings is 1. The molecule has 0 aliphatic carbocycles. The van der Waals surface area contributed by atoms with E-state index in [1.54, 1.807) is 13.0 Å². The minimum absolute atomic E-state index is 0.0795. The number of carbonyl (C=O) groups is 2. The van der Waals surface area contributed by atoms with E-state index in [0.29, 0.717) is 40.3 Å². The third-order valence-electron chi connectivity index (χ3n) is 3.66. The number of hydrogen-bond acceptors (Lipinski definition) is 4. The van der Waals surface area contributed by atoms with Crippen LogP contribution in [-0.2, 0) is 17.6 Å². The lowest BCUT2D eigenvalue weighted by atomic mass is 9.92. The first kappa shape index (κ1) is 13.8. The fourth-order valence-corrected chi connectivity index (χ4v) is 3.31. The number of ketones is 1. The van der Waals surface area contributed by atoms with E-state index in [0.717, 1.165) is 5.56 Å². The van der Waals surface area contributed by atoms with Crippen molar-refractivity contribution in [2.24, 2.45) is 0 Å². The quantitative estimate of drug-likeness (QED) is 0.882. The molecule has 1 aliphatic heterocycles. The number of carbonyl (C=O) groups excluding carboxylic acids is 1. The zero-order valence-electron chi connectivity index (χ0n) is 11.5. The van der Waals surface area contributed by atoms with E-state index in [-0.39, 0.29) is 12.2 Å². The van der Waals surface area contributed by atoms with Gasteiger partial charge in [0.2, 0.25) is 5.78 Å². The third kappa shape index (κ3) is 2.45. The minimum atomic E-state index is -0.897. The van der Waals surface area contributed by atoms with Crippen LogP contribution in [0.1, 0.15) is 31.9 Å². The summed E-state index contributed by atoms with van der Waals surface area (Å²) in [6, 6.07) is 5.46. The molecule has 2 heterocycles. The van der Waals surface area contributed by atoms with Gasteiger partial charge in [0, 0.05) is 6.42 Å². The maximum atomic E-state index is 12.7. The Bertz CT molecular complexity index is 716. The Morgan fingerprint density at radius 3 is 2.90 bits per heavy atom. The van der Waals surface area contributed by atoms with Gasteiger partial charge in [-0.2, -0.15) is 0 Å². The van der Waals surface area contributed by atoms with Crippen LogP contribution < -0.4 is 4.74 Å². The summed E-state index contributed by atoms with van der Waals surface area (Å²) in [5, 5.41) is 10.9. The smallest absolute Gasteiger partial charge is 0.307 e. The van der Waals surface area contributed by atoms with Crippen molar-refractivity contribution in [3.05, 3.63) is 50.7 Å². The first-order chi connectivity index (χ1) is 10.1. The van der Waals surface area contributed by atoms with Gasteiger partial charge >= 0.3 is 5.97 Å². The number of aliphatic carboxylic acids is 1. The Balaban J connectivity index is 2.16. The van der Waals surface area contributed by atoms with Crippen molar-refractivity contribution < 1.29 is 19.4 Å². The molecule has 1 aromatic heterocycles. The molecular weight excluding hydrogens is 288 g/mol. The summed E-state index contributed by atoms with van der Waals surface area (Å²) < 4.78 is 5.63. The molecule has 2 aromatic rings. The molecule has 0 fully saturated rings. The summed E-state index contributed by atoms with van der Waals surface area (Å²) in [7, 11) is 0. The normalized spacial score (nSPS) is 12.8. The highest BCUT2D eigenvalue weighted by Gasteiger charge is 2.27. The van der Waals surface area contributed by atoms with Crippen molar-refractivity contribution in [2.45, 2.75) is 19.8 Å². The number of hydrogen-bond donors (Lipinski definition) is 1. The number of carboxylic acids is 1. The van der Waals surface area contributed by atoms with E-state index in [4.69, 9.17) is 9.84 Å². The van der Waals surface area contributed by atoms with Crippen LogP contribution >= 0.6 is 11.3 Å². The Kier molecular flexibility index (Phi) is 3.51. The lowest BCUT2D eigenvalue weighted by Gasteiger charge is -2.13. The Hall–Kier alpha value is -2.14. The maximum absolute atomic E-state index is 12.7. The number of fused-ring (bicyclic) bond motifs is 1. The van der Waals surface area contributed by atoms with Gasteiger partial charge in [0.15, 0.2) is 0 Å². The highest BCUT2D eigenvalue weighted by molar-refractivity contribution is 7.12. The molecule has 1 N–H and O–H groups in total. The summed E-state index contributed by atoms with van der Waals surface area (Å²) in [4.78, 5) is 24.4. The zero-order chi connectivity index (χ0) is 15.0. The van der Waals surface area contributed by atoms with Gasteiger partial charge in [0.1, 0.15) is 5.75 Å². The summed E-state index contributed by atoms with van der Waals surface area (Å²) in [6.45, 7) is 2.33. The van der Waals surface area contributed by atoms with Crippen LogP contribution in [0.3, 0.4) is 0 Å². The Morgan fingerprint density at radius 1 is 1.43 bits per heavy atom. The molecule has 0 amide bonds.